The number of fused-ring (bicyclic) bond motifs is 1. The molecule has 0 aromatic carbocycles. The lowest BCUT2D eigenvalue weighted by molar-refractivity contribution is -0.296. The minimum Gasteiger partial charge on any atom is -0.432 e. The first-order valence-electron chi connectivity index (χ1n) is 12.3. The summed E-state index contributed by atoms with van der Waals surface area (Å²) in [6, 6.07) is 0. The Kier molecular flexibility index (Phi) is 8.01. The van der Waals surface area contributed by atoms with Gasteiger partial charge in [0.25, 0.3) is 0 Å². The quantitative estimate of drug-likeness (QED) is 0.258. The van der Waals surface area contributed by atoms with Crippen molar-refractivity contribution in [1.82, 2.24) is 0 Å². The second-order valence-corrected chi connectivity index (χ2v) is 11.1. The molecule has 0 bridgehead atoms. The number of carbonyl (C=O) groups is 2. The van der Waals surface area contributed by atoms with Gasteiger partial charge in [0.2, 0.25) is 6.29 Å². The first kappa shape index (κ1) is 28.0. The molecule has 0 aromatic heterocycles. The summed E-state index contributed by atoms with van der Waals surface area (Å²) < 4.78 is 10.9. The molecule has 1 aliphatic heterocycles. The Hall–Kier alpha value is -1.62. The second kappa shape index (κ2) is 10.0. The van der Waals surface area contributed by atoms with Crippen molar-refractivity contribution in [2.75, 3.05) is 6.61 Å². The fourth-order valence-corrected chi connectivity index (χ4v) is 6.22. The topological polar surface area (TPSA) is 154 Å². The molecule has 9 atom stereocenters. The van der Waals surface area contributed by atoms with Gasteiger partial charge in [-0.2, -0.15) is 0 Å². The first-order chi connectivity index (χ1) is 16.2. The summed E-state index contributed by atoms with van der Waals surface area (Å²) in [5.41, 5.74) is -1.02. The van der Waals surface area contributed by atoms with Gasteiger partial charge in [-0.3, -0.25) is 9.59 Å². The van der Waals surface area contributed by atoms with Gasteiger partial charge in [-0.1, -0.05) is 25.0 Å². The van der Waals surface area contributed by atoms with Crippen molar-refractivity contribution in [2.24, 2.45) is 16.7 Å². The van der Waals surface area contributed by atoms with E-state index >= 15 is 0 Å². The number of aliphatic hydroxyl groups is 5. The van der Waals surface area contributed by atoms with Gasteiger partial charge in [-0.25, -0.2) is 0 Å². The maximum Gasteiger partial charge on any atom is 0.314 e. The number of aliphatic hydroxyl groups excluding tert-OH is 4. The summed E-state index contributed by atoms with van der Waals surface area (Å²) in [5.74, 6) is -1.09. The third-order valence-electron chi connectivity index (χ3n) is 8.74. The van der Waals surface area contributed by atoms with Gasteiger partial charge >= 0.3 is 5.97 Å². The van der Waals surface area contributed by atoms with Crippen LogP contribution in [0.15, 0.2) is 23.8 Å². The standard InChI is InChI=1S/C26H40O9/c1-6-24(3,33)11-8-15-14(2)16(28)12-18-25(15,4)9-7-10-26(18,5)23(32)35-22-21(31)20(30)19(29)17(13-27)34-22/h6,17-22,27,29-31,33H,1,7-13H2,2-5H3/t17-,18-,19-,20+,21-,22+,24-,25-,26-/m1/s1. The molecule has 2 aliphatic carbocycles. The average molecular weight is 497 g/mol. The Labute approximate surface area is 206 Å². The summed E-state index contributed by atoms with van der Waals surface area (Å²) in [4.78, 5) is 26.6. The summed E-state index contributed by atoms with van der Waals surface area (Å²) >= 11 is 0. The molecule has 3 rings (SSSR count). The third-order valence-corrected chi connectivity index (χ3v) is 8.74. The number of rotatable bonds is 7. The van der Waals surface area contributed by atoms with Crippen molar-refractivity contribution in [1.29, 1.82) is 0 Å². The van der Waals surface area contributed by atoms with Gasteiger partial charge in [0.1, 0.15) is 24.4 Å². The molecule has 0 unspecified atom stereocenters. The van der Waals surface area contributed by atoms with Crippen LogP contribution < -0.4 is 0 Å². The second-order valence-electron chi connectivity index (χ2n) is 11.1. The highest BCUT2D eigenvalue weighted by atomic mass is 16.7. The van der Waals surface area contributed by atoms with Crippen LogP contribution in [-0.4, -0.2) is 80.2 Å². The van der Waals surface area contributed by atoms with E-state index in [9.17, 15) is 35.1 Å². The Morgan fingerprint density at radius 3 is 2.49 bits per heavy atom. The molecule has 1 saturated heterocycles. The predicted molar refractivity (Wildman–Crippen MR) is 126 cm³/mol. The van der Waals surface area contributed by atoms with Crippen LogP contribution >= 0.6 is 0 Å². The van der Waals surface area contributed by atoms with Gasteiger partial charge in [0.05, 0.1) is 17.6 Å². The third kappa shape index (κ3) is 4.99. The van der Waals surface area contributed by atoms with E-state index < -0.39 is 59.7 Å². The van der Waals surface area contributed by atoms with Crippen molar-refractivity contribution in [3.63, 3.8) is 0 Å². The summed E-state index contributed by atoms with van der Waals surface area (Å²) in [6.45, 7) is 10.3. The average Bonchev–Trinajstić information content (AvgIpc) is 2.80. The zero-order valence-electron chi connectivity index (χ0n) is 21.1. The van der Waals surface area contributed by atoms with Crippen molar-refractivity contribution in [2.45, 2.75) is 103 Å². The Morgan fingerprint density at radius 2 is 1.89 bits per heavy atom. The monoisotopic (exact) mass is 496 g/mol. The first-order valence-corrected chi connectivity index (χ1v) is 12.3. The molecule has 0 radical (unpaired) electrons. The molecule has 0 spiro atoms. The van der Waals surface area contributed by atoms with Crippen LogP contribution in [0.4, 0.5) is 0 Å². The minimum atomic E-state index is -1.69. The van der Waals surface area contributed by atoms with Gasteiger partial charge in [0, 0.05) is 6.42 Å². The van der Waals surface area contributed by atoms with Crippen LogP contribution in [0.3, 0.4) is 0 Å². The fourth-order valence-electron chi connectivity index (χ4n) is 6.22. The van der Waals surface area contributed by atoms with Crippen LogP contribution in [0.2, 0.25) is 0 Å². The number of esters is 1. The maximum absolute atomic E-state index is 13.6. The van der Waals surface area contributed by atoms with E-state index in [0.717, 1.165) is 12.0 Å². The lowest BCUT2D eigenvalue weighted by atomic mass is 9.49. The molecule has 5 N–H and O–H groups in total. The molecule has 1 heterocycles. The van der Waals surface area contributed by atoms with Crippen molar-refractivity contribution < 1.29 is 44.6 Å². The number of carbonyl (C=O) groups excluding carboxylic acids is 2. The van der Waals surface area contributed by atoms with Gasteiger partial charge < -0.3 is 35.0 Å². The zero-order valence-corrected chi connectivity index (χ0v) is 21.1. The highest BCUT2D eigenvalue weighted by Gasteiger charge is 2.58. The molecular formula is C26H40O9. The van der Waals surface area contributed by atoms with E-state index in [1.54, 1.807) is 20.8 Å². The molecule has 9 nitrogen and oxygen atoms in total. The van der Waals surface area contributed by atoms with Crippen molar-refractivity contribution >= 4 is 11.8 Å². The molecule has 198 valence electrons. The molecular weight excluding hydrogens is 456 g/mol. The van der Waals surface area contributed by atoms with Crippen LogP contribution in [0.25, 0.3) is 0 Å². The molecule has 0 aromatic rings. The van der Waals surface area contributed by atoms with E-state index in [4.69, 9.17) is 9.47 Å². The normalized spacial score (nSPS) is 41.7. The molecule has 1 saturated carbocycles. The lowest BCUT2D eigenvalue weighted by Crippen LogP contribution is -2.60. The number of hydrogen-bond acceptors (Lipinski definition) is 9. The molecule has 9 heteroatoms. The predicted octanol–water partition coefficient (Wildman–Crippen LogP) is 1.15. The van der Waals surface area contributed by atoms with Crippen LogP contribution in [0.5, 0.6) is 0 Å². The van der Waals surface area contributed by atoms with Gasteiger partial charge in [-0.15, -0.1) is 6.58 Å². The number of hydrogen-bond donors (Lipinski definition) is 5. The SMILES string of the molecule is C=C[C@@](C)(O)CCC1=C(C)C(=O)C[C@H]2[C@](C)(C(=O)O[C@@H]3O[C@H](CO)[C@@H](O)[C@H](O)[C@H]3O)CCC[C@]12C. The summed E-state index contributed by atoms with van der Waals surface area (Å²) in [6.07, 6.45) is -3.19. The highest BCUT2D eigenvalue weighted by Crippen LogP contribution is 2.60. The van der Waals surface area contributed by atoms with Crippen molar-refractivity contribution in [3.05, 3.63) is 23.8 Å². The Balaban J connectivity index is 1.88. The number of Topliss-reactive ketones (excluding diaryl/α,β-unsaturated/α-hetero) is 1. The smallest absolute Gasteiger partial charge is 0.314 e. The summed E-state index contributed by atoms with van der Waals surface area (Å²) in [5, 5.41) is 50.3. The number of allylic oxidation sites excluding steroid dienone is 2. The van der Waals surface area contributed by atoms with E-state index in [2.05, 4.69) is 13.5 Å². The zero-order chi connectivity index (χ0) is 26.3. The number of ketones is 1. The molecule has 35 heavy (non-hydrogen) atoms. The molecule has 0 amide bonds. The van der Waals surface area contributed by atoms with Gasteiger partial charge in [0.15, 0.2) is 5.78 Å². The van der Waals surface area contributed by atoms with Crippen LogP contribution in [0.1, 0.15) is 66.2 Å². The Morgan fingerprint density at radius 1 is 1.23 bits per heavy atom. The Bertz CT molecular complexity index is 878. The van der Waals surface area contributed by atoms with Gasteiger partial charge in [-0.05, 0) is 63.4 Å². The van der Waals surface area contributed by atoms with E-state index in [1.165, 1.54) is 6.08 Å². The lowest BCUT2D eigenvalue weighted by Gasteiger charge is -2.54. The summed E-state index contributed by atoms with van der Waals surface area (Å²) in [7, 11) is 0. The highest BCUT2D eigenvalue weighted by molar-refractivity contribution is 5.97. The van der Waals surface area contributed by atoms with E-state index in [-0.39, 0.29) is 18.1 Å². The van der Waals surface area contributed by atoms with Crippen molar-refractivity contribution in [3.8, 4) is 0 Å². The van der Waals surface area contributed by atoms with Crippen LogP contribution in [-0.2, 0) is 19.1 Å². The minimum absolute atomic E-state index is 0.0468. The van der Waals surface area contributed by atoms with E-state index in [0.29, 0.717) is 31.3 Å². The van der Waals surface area contributed by atoms with Crippen LogP contribution in [0, 0.1) is 16.7 Å². The fraction of sp³-hybridized carbons (Fsp3) is 0.769. The largest absolute Gasteiger partial charge is 0.432 e. The van der Waals surface area contributed by atoms with E-state index in [1.807, 2.05) is 0 Å². The maximum atomic E-state index is 13.6. The molecule has 2 fully saturated rings. The molecule has 3 aliphatic rings. The number of ether oxygens (including phenoxy) is 2.